The zero-order valence-corrected chi connectivity index (χ0v) is 15.1. The SMILES string of the molecule is CCCCN1CC(C)(C)S/C1=N\C(=O)c1cc(C(F)(F)F)ccc1F. The molecule has 0 N–H and O–H groups in total. The number of aliphatic imine (C=N–C) groups is 1. The number of carbonyl (C=O) groups is 1. The summed E-state index contributed by atoms with van der Waals surface area (Å²) in [6.07, 6.45) is -2.78. The van der Waals surface area contributed by atoms with Gasteiger partial charge in [0.1, 0.15) is 5.82 Å². The van der Waals surface area contributed by atoms with Gasteiger partial charge in [0.15, 0.2) is 5.17 Å². The Balaban J connectivity index is 2.32. The van der Waals surface area contributed by atoms with Gasteiger partial charge in [-0.2, -0.15) is 18.2 Å². The van der Waals surface area contributed by atoms with Gasteiger partial charge in [0, 0.05) is 17.8 Å². The van der Waals surface area contributed by atoms with E-state index in [1.807, 2.05) is 25.7 Å². The summed E-state index contributed by atoms with van der Waals surface area (Å²) >= 11 is 1.38. The minimum absolute atomic E-state index is 0.167. The van der Waals surface area contributed by atoms with Crippen molar-refractivity contribution in [2.24, 2.45) is 4.99 Å². The number of thioether (sulfide) groups is 1. The minimum atomic E-state index is -4.65. The second-order valence-electron chi connectivity index (χ2n) is 6.53. The first kappa shape index (κ1) is 19.8. The predicted octanol–water partition coefficient (Wildman–Crippen LogP) is 4.97. The summed E-state index contributed by atoms with van der Waals surface area (Å²) in [7, 11) is 0. The van der Waals surface area contributed by atoms with E-state index in [-0.39, 0.29) is 4.75 Å². The fourth-order valence-electron chi connectivity index (χ4n) is 2.50. The van der Waals surface area contributed by atoms with E-state index in [9.17, 15) is 22.4 Å². The summed E-state index contributed by atoms with van der Waals surface area (Å²) in [4.78, 5) is 18.1. The second kappa shape index (κ2) is 7.35. The monoisotopic (exact) mass is 376 g/mol. The number of carbonyl (C=O) groups excluding carboxylic acids is 1. The smallest absolute Gasteiger partial charge is 0.350 e. The zero-order valence-electron chi connectivity index (χ0n) is 14.3. The van der Waals surface area contributed by atoms with E-state index in [0.717, 1.165) is 12.8 Å². The van der Waals surface area contributed by atoms with Gasteiger partial charge in [0.25, 0.3) is 5.91 Å². The van der Waals surface area contributed by atoms with Gasteiger partial charge in [-0.15, -0.1) is 0 Å². The summed E-state index contributed by atoms with van der Waals surface area (Å²) in [6, 6.07) is 1.78. The van der Waals surface area contributed by atoms with Crippen LogP contribution < -0.4 is 0 Å². The van der Waals surface area contributed by atoms with Gasteiger partial charge in [0.2, 0.25) is 0 Å². The van der Waals surface area contributed by atoms with Crippen molar-refractivity contribution in [3.05, 3.63) is 35.1 Å². The Morgan fingerprint density at radius 3 is 2.64 bits per heavy atom. The van der Waals surface area contributed by atoms with Gasteiger partial charge >= 0.3 is 6.18 Å². The highest BCUT2D eigenvalue weighted by Crippen LogP contribution is 2.36. The van der Waals surface area contributed by atoms with E-state index in [0.29, 0.717) is 36.5 Å². The lowest BCUT2D eigenvalue weighted by Crippen LogP contribution is -2.30. The van der Waals surface area contributed by atoms with Crippen LogP contribution in [0.25, 0.3) is 0 Å². The fourth-order valence-corrected chi connectivity index (χ4v) is 3.63. The average Bonchev–Trinajstić information content (AvgIpc) is 2.78. The van der Waals surface area contributed by atoms with Crippen molar-refractivity contribution in [1.29, 1.82) is 0 Å². The lowest BCUT2D eigenvalue weighted by Gasteiger charge is -2.19. The van der Waals surface area contributed by atoms with E-state index in [2.05, 4.69) is 4.99 Å². The maximum absolute atomic E-state index is 13.9. The normalized spacial score (nSPS) is 18.8. The number of benzene rings is 1. The third-order valence-corrected chi connectivity index (χ3v) is 4.93. The van der Waals surface area contributed by atoms with Gasteiger partial charge in [-0.3, -0.25) is 4.79 Å². The van der Waals surface area contributed by atoms with E-state index in [1.165, 1.54) is 11.8 Å². The average molecular weight is 376 g/mol. The van der Waals surface area contributed by atoms with Crippen LogP contribution in [0.2, 0.25) is 0 Å². The number of amidine groups is 1. The van der Waals surface area contributed by atoms with Crippen molar-refractivity contribution >= 4 is 22.8 Å². The quantitative estimate of drug-likeness (QED) is 0.696. The van der Waals surface area contributed by atoms with Crippen LogP contribution in [0.1, 0.15) is 49.5 Å². The van der Waals surface area contributed by atoms with Crippen LogP contribution in [0.15, 0.2) is 23.2 Å². The molecule has 0 unspecified atom stereocenters. The van der Waals surface area contributed by atoms with Crippen LogP contribution in [0, 0.1) is 5.82 Å². The molecule has 0 radical (unpaired) electrons. The molecule has 0 atom stereocenters. The van der Waals surface area contributed by atoms with Crippen molar-refractivity contribution in [1.82, 2.24) is 4.90 Å². The summed E-state index contributed by atoms with van der Waals surface area (Å²) in [5.41, 5.74) is -1.73. The van der Waals surface area contributed by atoms with Crippen LogP contribution in [0.5, 0.6) is 0 Å². The van der Waals surface area contributed by atoms with Crippen molar-refractivity contribution in [2.45, 2.75) is 44.5 Å². The first-order valence-electron chi connectivity index (χ1n) is 7.97. The number of alkyl halides is 3. The highest BCUT2D eigenvalue weighted by Gasteiger charge is 2.36. The zero-order chi connectivity index (χ0) is 18.8. The lowest BCUT2D eigenvalue weighted by atomic mass is 10.1. The van der Waals surface area contributed by atoms with Crippen molar-refractivity contribution < 1.29 is 22.4 Å². The molecule has 2 rings (SSSR count). The number of hydrogen-bond acceptors (Lipinski definition) is 2. The van der Waals surface area contributed by atoms with Crippen molar-refractivity contribution in [3.8, 4) is 0 Å². The molecule has 1 aliphatic rings. The lowest BCUT2D eigenvalue weighted by molar-refractivity contribution is -0.137. The van der Waals surface area contributed by atoms with E-state index in [1.54, 1.807) is 0 Å². The standard InChI is InChI=1S/C17H20F4N2OS/c1-4-5-8-23-10-16(2,3)25-15(23)22-14(24)12-9-11(17(19,20)21)6-7-13(12)18/h6-7,9H,4-5,8,10H2,1-3H3/b22-15-. The number of unbranched alkanes of at least 4 members (excludes halogenated alkanes) is 1. The molecule has 1 aromatic carbocycles. The minimum Gasteiger partial charge on any atom is -0.350 e. The van der Waals surface area contributed by atoms with Crippen molar-refractivity contribution in [3.63, 3.8) is 0 Å². The van der Waals surface area contributed by atoms with Gasteiger partial charge in [-0.25, -0.2) is 4.39 Å². The first-order valence-corrected chi connectivity index (χ1v) is 8.79. The largest absolute Gasteiger partial charge is 0.416 e. The summed E-state index contributed by atoms with van der Waals surface area (Å²) in [5, 5.41) is 0.431. The first-order chi connectivity index (χ1) is 11.5. The number of rotatable bonds is 4. The summed E-state index contributed by atoms with van der Waals surface area (Å²) in [5.74, 6) is -2.00. The molecule has 1 aliphatic heterocycles. The second-order valence-corrected chi connectivity index (χ2v) is 8.20. The van der Waals surface area contributed by atoms with Crippen LogP contribution in [0.4, 0.5) is 17.6 Å². The van der Waals surface area contributed by atoms with Crippen LogP contribution in [-0.4, -0.2) is 33.8 Å². The molecule has 0 aliphatic carbocycles. The Bertz CT molecular complexity index is 686. The highest BCUT2D eigenvalue weighted by molar-refractivity contribution is 8.15. The fraction of sp³-hybridized carbons (Fsp3) is 0.529. The Labute approximate surface area is 148 Å². The van der Waals surface area contributed by atoms with Crippen LogP contribution in [-0.2, 0) is 6.18 Å². The molecule has 1 aromatic rings. The molecule has 0 spiro atoms. The van der Waals surface area contributed by atoms with Gasteiger partial charge in [0.05, 0.1) is 11.1 Å². The Morgan fingerprint density at radius 1 is 1.36 bits per heavy atom. The maximum atomic E-state index is 13.9. The molecular weight excluding hydrogens is 356 g/mol. The Morgan fingerprint density at radius 2 is 2.04 bits per heavy atom. The molecular formula is C17H20F4N2OS. The Hall–Kier alpha value is -1.57. The molecule has 3 nitrogen and oxygen atoms in total. The molecule has 138 valence electrons. The Kier molecular flexibility index (Phi) is 5.81. The van der Waals surface area contributed by atoms with Crippen molar-refractivity contribution in [2.75, 3.05) is 13.1 Å². The third-order valence-electron chi connectivity index (χ3n) is 3.71. The molecule has 0 bridgehead atoms. The van der Waals surface area contributed by atoms with E-state index in [4.69, 9.17) is 0 Å². The number of amides is 1. The molecule has 1 amide bonds. The third kappa shape index (κ3) is 4.96. The molecule has 1 fully saturated rings. The predicted molar refractivity (Wildman–Crippen MR) is 91.3 cm³/mol. The summed E-state index contributed by atoms with van der Waals surface area (Å²) in [6.45, 7) is 7.40. The van der Waals surface area contributed by atoms with E-state index < -0.39 is 29.0 Å². The number of hydrogen-bond donors (Lipinski definition) is 0. The van der Waals surface area contributed by atoms with Crippen LogP contribution in [0.3, 0.4) is 0 Å². The van der Waals surface area contributed by atoms with Gasteiger partial charge in [-0.05, 0) is 38.5 Å². The number of halogens is 4. The van der Waals surface area contributed by atoms with Gasteiger partial charge in [-0.1, -0.05) is 25.1 Å². The van der Waals surface area contributed by atoms with Crippen LogP contribution >= 0.6 is 11.8 Å². The topological polar surface area (TPSA) is 32.7 Å². The number of nitrogens with zero attached hydrogens (tertiary/aromatic N) is 2. The molecule has 0 saturated carbocycles. The summed E-state index contributed by atoms with van der Waals surface area (Å²) < 4.78 is 52.1. The molecule has 1 heterocycles. The molecule has 1 saturated heterocycles. The maximum Gasteiger partial charge on any atom is 0.416 e. The highest BCUT2D eigenvalue weighted by atomic mass is 32.2. The molecule has 25 heavy (non-hydrogen) atoms. The van der Waals surface area contributed by atoms with E-state index >= 15 is 0 Å². The molecule has 0 aromatic heterocycles. The molecule has 8 heteroatoms. The van der Waals surface area contributed by atoms with Gasteiger partial charge < -0.3 is 4.90 Å².